The Morgan fingerprint density at radius 1 is 1.50 bits per heavy atom. The highest BCUT2D eigenvalue weighted by Gasteiger charge is 2.36. The predicted octanol–water partition coefficient (Wildman–Crippen LogP) is 1.10. The Balaban J connectivity index is 4.36. The van der Waals surface area contributed by atoms with Crippen molar-refractivity contribution in [2.24, 2.45) is 5.41 Å². The molecule has 0 aliphatic carbocycles. The summed E-state index contributed by atoms with van der Waals surface area (Å²) < 4.78 is 24.3. The molecule has 0 bridgehead atoms. The van der Waals surface area contributed by atoms with Gasteiger partial charge in [0.2, 0.25) is 6.54 Å². The smallest absolute Gasteiger partial charge is 0.215 e. The van der Waals surface area contributed by atoms with E-state index in [9.17, 15) is 18.9 Å². The lowest BCUT2D eigenvalue weighted by Crippen LogP contribution is -2.34. The van der Waals surface area contributed by atoms with Crippen molar-refractivity contribution in [2.45, 2.75) is 6.42 Å². The van der Waals surface area contributed by atoms with Crippen molar-refractivity contribution in [3.8, 4) is 6.07 Å². The average Bonchev–Trinajstić information content (AvgIpc) is 2.03. The van der Waals surface area contributed by atoms with Crippen LogP contribution in [0.25, 0.3) is 0 Å². The van der Waals surface area contributed by atoms with E-state index in [1.165, 1.54) is 6.07 Å². The van der Waals surface area contributed by atoms with Gasteiger partial charge in [-0.2, -0.15) is 5.26 Å². The van der Waals surface area contributed by atoms with Crippen molar-refractivity contribution in [1.29, 1.82) is 5.26 Å². The molecule has 6 heteroatoms. The van der Waals surface area contributed by atoms with Gasteiger partial charge in [0.25, 0.3) is 0 Å². The maximum Gasteiger partial charge on any atom is 0.215 e. The molecule has 0 N–H and O–H groups in total. The fourth-order valence-electron chi connectivity index (χ4n) is 0.712. The van der Waals surface area contributed by atoms with E-state index >= 15 is 0 Å². The van der Waals surface area contributed by atoms with Gasteiger partial charge in [0.15, 0.2) is 0 Å². The number of hydrogen-bond donors (Lipinski definition) is 0. The van der Waals surface area contributed by atoms with Gasteiger partial charge in [-0.1, -0.05) is 0 Å². The molecule has 0 rings (SSSR count). The molecule has 12 heavy (non-hydrogen) atoms. The number of halogens is 2. The summed E-state index contributed by atoms with van der Waals surface area (Å²) in [5, 5.41) is 18.1. The Labute approximate surface area is 67.9 Å². The van der Waals surface area contributed by atoms with Crippen LogP contribution in [0.3, 0.4) is 0 Å². The van der Waals surface area contributed by atoms with E-state index < -0.39 is 36.7 Å². The van der Waals surface area contributed by atoms with Crippen LogP contribution in [0, 0.1) is 26.9 Å². The van der Waals surface area contributed by atoms with Gasteiger partial charge >= 0.3 is 0 Å². The second kappa shape index (κ2) is 4.59. The number of nitriles is 1. The van der Waals surface area contributed by atoms with Crippen molar-refractivity contribution < 1.29 is 13.7 Å². The molecule has 0 aliphatic heterocycles. The fraction of sp³-hybridized carbons (Fsp3) is 0.833. The molecule has 0 amide bonds. The van der Waals surface area contributed by atoms with Crippen molar-refractivity contribution >= 4 is 0 Å². The molecule has 0 aliphatic rings. The highest BCUT2D eigenvalue weighted by Crippen LogP contribution is 2.23. The highest BCUT2D eigenvalue weighted by molar-refractivity contribution is 4.88. The zero-order chi connectivity index (χ0) is 9.61. The number of hydrogen-bond acceptors (Lipinski definition) is 3. The van der Waals surface area contributed by atoms with E-state index in [1.54, 1.807) is 0 Å². The van der Waals surface area contributed by atoms with Gasteiger partial charge in [-0.25, -0.2) is 0 Å². The molecule has 0 aromatic heterocycles. The highest BCUT2D eigenvalue weighted by atomic mass is 19.1. The minimum Gasteiger partial charge on any atom is -0.265 e. The van der Waals surface area contributed by atoms with Gasteiger partial charge in [-0.15, -0.1) is 0 Å². The van der Waals surface area contributed by atoms with E-state index in [-0.39, 0.29) is 0 Å². The van der Waals surface area contributed by atoms with Gasteiger partial charge in [0, 0.05) is 4.92 Å². The second-order valence-corrected chi connectivity index (χ2v) is 2.59. The van der Waals surface area contributed by atoms with Crippen LogP contribution in [0.1, 0.15) is 6.42 Å². The summed E-state index contributed by atoms with van der Waals surface area (Å²) in [5.74, 6) is 0. The molecule has 0 spiro atoms. The Hall–Kier alpha value is -1.25. The quantitative estimate of drug-likeness (QED) is 0.467. The lowest BCUT2D eigenvalue weighted by Gasteiger charge is -2.18. The second-order valence-electron chi connectivity index (χ2n) is 2.59. The molecule has 0 radical (unpaired) electrons. The van der Waals surface area contributed by atoms with Crippen LogP contribution >= 0.6 is 0 Å². The van der Waals surface area contributed by atoms with Crippen LogP contribution in [0.5, 0.6) is 0 Å². The number of nitro groups is 1. The molecule has 0 saturated carbocycles. The molecule has 0 atom stereocenters. The lowest BCUT2D eigenvalue weighted by molar-refractivity contribution is -0.498. The minimum absolute atomic E-state index is 0.471. The van der Waals surface area contributed by atoms with Crippen LogP contribution in [-0.4, -0.2) is 24.8 Å². The Morgan fingerprint density at radius 2 is 2.00 bits per heavy atom. The average molecular weight is 178 g/mol. The molecule has 68 valence electrons. The minimum atomic E-state index is -1.74. The molecule has 0 saturated heterocycles. The maximum absolute atomic E-state index is 12.2. The molecule has 4 nitrogen and oxygen atoms in total. The van der Waals surface area contributed by atoms with Crippen molar-refractivity contribution in [1.82, 2.24) is 0 Å². The summed E-state index contributed by atoms with van der Waals surface area (Å²) in [6.07, 6.45) is -0.471. The first-order valence-electron chi connectivity index (χ1n) is 3.21. The number of nitrogens with zero attached hydrogens (tertiary/aromatic N) is 2. The molecule has 0 aromatic carbocycles. The van der Waals surface area contributed by atoms with Gasteiger partial charge in [-0.05, 0) is 0 Å². The van der Waals surface area contributed by atoms with Gasteiger partial charge in [-0.3, -0.25) is 18.9 Å². The predicted molar refractivity (Wildman–Crippen MR) is 36.5 cm³/mol. The molecule has 0 heterocycles. The van der Waals surface area contributed by atoms with Gasteiger partial charge < -0.3 is 0 Å². The fourth-order valence-corrected chi connectivity index (χ4v) is 0.712. The SMILES string of the molecule is N#CCC(CF)(CF)C[N+](=O)[O-]. The van der Waals surface area contributed by atoms with E-state index in [1.807, 2.05) is 0 Å². The first kappa shape index (κ1) is 10.8. The van der Waals surface area contributed by atoms with E-state index in [0.29, 0.717) is 0 Å². The van der Waals surface area contributed by atoms with Crippen LogP contribution in [-0.2, 0) is 0 Å². The van der Waals surface area contributed by atoms with Crippen LogP contribution in [0.2, 0.25) is 0 Å². The lowest BCUT2D eigenvalue weighted by atomic mass is 9.88. The van der Waals surface area contributed by atoms with Crippen molar-refractivity contribution in [2.75, 3.05) is 19.9 Å². The summed E-state index contributed by atoms with van der Waals surface area (Å²) >= 11 is 0. The van der Waals surface area contributed by atoms with Crippen molar-refractivity contribution in [3.63, 3.8) is 0 Å². The van der Waals surface area contributed by atoms with Gasteiger partial charge in [0.1, 0.15) is 18.8 Å². The van der Waals surface area contributed by atoms with Gasteiger partial charge in [0.05, 0.1) is 12.5 Å². The monoisotopic (exact) mass is 178 g/mol. The summed E-state index contributed by atoms with van der Waals surface area (Å²) in [4.78, 5) is 9.16. The van der Waals surface area contributed by atoms with Crippen LogP contribution in [0.4, 0.5) is 8.78 Å². The Morgan fingerprint density at radius 3 is 2.25 bits per heavy atom. The van der Waals surface area contributed by atoms with E-state index in [4.69, 9.17) is 5.26 Å². The molecule has 0 fully saturated rings. The van der Waals surface area contributed by atoms with Crippen LogP contribution < -0.4 is 0 Å². The first-order chi connectivity index (χ1) is 5.60. The molecule has 0 aromatic rings. The summed E-state index contributed by atoms with van der Waals surface area (Å²) in [6.45, 7) is -3.20. The van der Waals surface area contributed by atoms with Crippen LogP contribution in [0.15, 0.2) is 0 Å². The number of alkyl halides is 2. The van der Waals surface area contributed by atoms with E-state index in [2.05, 4.69) is 0 Å². The third-order valence-electron chi connectivity index (χ3n) is 1.49. The standard InChI is InChI=1S/C6H8F2N2O2/c7-3-6(4-8,1-2-9)5-10(11)12/h1,3-5H2. The normalized spacial score (nSPS) is 10.8. The Kier molecular flexibility index (Phi) is 4.11. The van der Waals surface area contributed by atoms with Crippen molar-refractivity contribution in [3.05, 3.63) is 10.1 Å². The Bertz CT molecular complexity index is 198. The third-order valence-corrected chi connectivity index (χ3v) is 1.49. The summed E-state index contributed by atoms with van der Waals surface area (Å²) in [7, 11) is 0. The summed E-state index contributed by atoms with van der Waals surface area (Å²) in [6, 6.07) is 1.53. The first-order valence-corrected chi connectivity index (χ1v) is 3.21. The van der Waals surface area contributed by atoms with E-state index in [0.717, 1.165) is 0 Å². The molecular formula is C6H8F2N2O2. The zero-order valence-electron chi connectivity index (χ0n) is 6.30. The molecule has 0 unspecified atom stereocenters. The largest absolute Gasteiger partial charge is 0.265 e. The topological polar surface area (TPSA) is 66.9 Å². The maximum atomic E-state index is 12.2. The molecular weight excluding hydrogens is 170 g/mol. The third kappa shape index (κ3) is 2.78. The number of rotatable bonds is 5. The summed E-state index contributed by atoms with van der Waals surface area (Å²) in [5.41, 5.74) is -1.74. The zero-order valence-corrected chi connectivity index (χ0v) is 6.30.